The van der Waals surface area contributed by atoms with Crippen LogP contribution in [0.5, 0.6) is 0 Å². The smallest absolute Gasteiger partial charge is 0.193 e. The number of benzene rings is 1. The number of hydrogen-bond acceptors (Lipinski definition) is 4. The van der Waals surface area contributed by atoms with Crippen LogP contribution in [0.1, 0.15) is 30.1 Å². The second-order valence-electron chi connectivity index (χ2n) is 4.30. The van der Waals surface area contributed by atoms with Gasteiger partial charge in [-0.3, -0.25) is 4.79 Å². The molecule has 4 heteroatoms. The van der Waals surface area contributed by atoms with Crippen molar-refractivity contribution in [3.63, 3.8) is 0 Å². The molecule has 0 spiro atoms. The lowest BCUT2D eigenvalue weighted by Crippen LogP contribution is -2.02. The van der Waals surface area contributed by atoms with Crippen molar-refractivity contribution < 1.29 is 4.79 Å². The average molecular weight is 246 g/mol. The first-order chi connectivity index (χ1) is 8.16. The summed E-state index contributed by atoms with van der Waals surface area (Å²) < 4.78 is 0. The SMILES string of the molecule is CC(C)CC(=O)c1nnc(-c2ccccc2)s1. The maximum atomic E-state index is 11.8. The molecule has 0 aliphatic heterocycles. The first-order valence-corrected chi connectivity index (χ1v) is 6.40. The van der Waals surface area contributed by atoms with Gasteiger partial charge in [-0.25, -0.2) is 0 Å². The van der Waals surface area contributed by atoms with Crippen molar-refractivity contribution in [1.82, 2.24) is 10.2 Å². The van der Waals surface area contributed by atoms with Crippen LogP contribution >= 0.6 is 11.3 Å². The molecule has 2 rings (SSSR count). The molecule has 0 radical (unpaired) electrons. The number of nitrogens with zero attached hydrogens (tertiary/aromatic N) is 2. The molecule has 0 saturated heterocycles. The van der Waals surface area contributed by atoms with Gasteiger partial charge in [0.15, 0.2) is 10.8 Å². The zero-order chi connectivity index (χ0) is 12.3. The molecule has 0 amide bonds. The Bertz CT molecular complexity index is 505. The molecule has 0 N–H and O–H groups in total. The minimum absolute atomic E-state index is 0.0830. The van der Waals surface area contributed by atoms with E-state index in [-0.39, 0.29) is 5.78 Å². The fourth-order valence-electron chi connectivity index (χ4n) is 1.49. The maximum absolute atomic E-state index is 11.8. The van der Waals surface area contributed by atoms with Crippen LogP contribution in [0.4, 0.5) is 0 Å². The number of carbonyl (C=O) groups is 1. The highest BCUT2D eigenvalue weighted by Crippen LogP contribution is 2.24. The molecule has 1 heterocycles. The van der Waals surface area contributed by atoms with E-state index >= 15 is 0 Å². The fraction of sp³-hybridized carbons (Fsp3) is 0.308. The molecule has 0 unspecified atom stereocenters. The lowest BCUT2D eigenvalue weighted by atomic mass is 10.1. The van der Waals surface area contributed by atoms with Gasteiger partial charge in [0, 0.05) is 12.0 Å². The van der Waals surface area contributed by atoms with E-state index in [2.05, 4.69) is 10.2 Å². The van der Waals surface area contributed by atoms with Crippen molar-refractivity contribution in [1.29, 1.82) is 0 Å². The summed E-state index contributed by atoms with van der Waals surface area (Å²) in [6.45, 7) is 4.05. The molecule has 2 aromatic rings. The topological polar surface area (TPSA) is 42.9 Å². The highest BCUT2D eigenvalue weighted by molar-refractivity contribution is 7.16. The van der Waals surface area contributed by atoms with Crippen LogP contribution in [-0.2, 0) is 0 Å². The number of hydrogen-bond donors (Lipinski definition) is 0. The van der Waals surface area contributed by atoms with E-state index in [4.69, 9.17) is 0 Å². The third-order valence-electron chi connectivity index (χ3n) is 2.28. The Hall–Kier alpha value is -1.55. The molecular formula is C13H14N2OS. The first kappa shape index (κ1) is 11.9. The Kier molecular flexibility index (Phi) is 3.64. The molecular weight excluding hydrogens is 232 g/mol. The second kappa shape index (κ2) is 5.19. The van der Waals surface area contributed by atoms with Gasteiger partial charge in [-0.05, 0) is 5.92 Å². The minimum atomic E-state index is 0.0830. The van der Waals surface area contributed by atoms with Gasteiger partial charge in [0.1, 0.15) is 5.01 Å². The zero-order valence-electron chi connectivity index (χ0n) is 9.88. The van der Waals surface area contributed by atoms with Gasteiger partial charge >= 0.3 is 0 Å². The van der Waals surface area contributed by atoms with Crippen molar-refractivity contribution in [3.05, 3.63) is 35.3 Å². The van der Waals surface area contributed by atoms with E-state index in [1.54, 1.807) is 0 Å². The Labute approximate surface area is 105 Å². The summed E-state index contributed by atoms with van der Waals surface area (Å²) in [5.41, 5.74) is 1.01. The molecule has 88 valence electrons. The predicted octanol–water partition coefficient (Wildman–Crippen LogP) is 3.43. The van der Waals surface area contributed by atoms with E-state index in [9.17, 15) is 4.79 Å². The van der Waals surface area contributed by atoms with Gasteiger partial charge < -0.3 is 0 Å². The summed E-state index contributed by atoms with van der Waals surface area (Å²) in [6, 6.07) is 9.79. The van der Waals surface area contributed by atoms with Crippen LogP contribution in [-0.4, -0.2) is 16.0 Å². The molecule has 3 nitrogen and oxygen atoms in total. The van der Waals surface area contributed by atoms with Crippen molar-refractivity contribution in [2.45, 2.75) is 20.3 Å². The molecule has 1 aromatic carbocycles. The zero-order valence-corrected chi connectivity index (χ0v) is 10.7. The van der Waals surface area contributed by atoms with Crippen molar-refractivity contribution in [3.8, 4) is 10.6 Å². The van der Waals surface area contributed by atoms with Crippen molar-refractivity contribution >= 4 is 17.1 Å². The summed E-state index contributed by atoms with van der Waals surface area (Å²) in [5.74, 6) is 0.436. The number of Topliss-reactive ketones (excluding diaryl/α,β-unsaturated/α-hetero) is 1. The van der Waals surface area contributed by atoms with Crippen LogP contribution in [0, 0.1) is 5.92 Å². The fourth-order valence-corrected chi connectivity index (χ4v) is 2.29. The summed E-state index contributed by atoms with van der Waals surface area (Å²) in [7, 11) is 0. The van der Waals surface area contributed by atoms with Crippen LogP contribution in [0.15, 0.2) is 30.3 Å². The van der Waals surface area contributed by atoms with Crippen LogP contribution in [0.2, 0.25) is 0 Å². The summed E-state index contributed by atoms with van der Waals surface area (Å²) in [5, 5.41) is 9.34. The molecule has 0 bridgehead atoms. The third-order valence-corrected chi connectivity index (χ3v) is 3.29. The van der Waals surface area contributed by atoms with Crippen molar-refractivity contribution in [2.75, 3.05) is 0 Å². The quantitative estimate of drug-likeness (QED) is 0.776. The van der Waals surface area contributed by atoms with Gasteiger partial charge in [0.25, 0.3) is 0 Å². The van der Waals surface area contributed by atoms with E-state index in [1.165, 1.54) is 11.3 Å². The van der Waals surface area contributed by atoms with E-state index in [0.717, 1.165) is 10.6 Å². The first-order valence-electron chi connectivity index (χ1n) is 5.59. The number of aromatic nitrogens is 2. The molecule has 0 saturated carbocycles. The Morgan fingerprint density at radius 3 is 2.59 bits per heavy atom. The number of rotatable bonds is 4. The molecule has 17 heavy (non-hydrogen) atoms. The van der Waals surface area contributed by atoms with Gasteiger partial charge in [-0.15, -0.1) is 10.2 Å². The van der Waals surface area contributed by atoms with Gasteiger partial charge in [0.05, 0.1) is 0 Å². The molecule has 1 aromatic heterocycles. The summed E-state index contributed by atoms with van der Waals surface area (Å²) in [6.07, 6.45) is 0.531. The van der Waals surface area contributed by atoms with Crippen LogP contribution in [0.25, 0.3) is 10.6 Å². The molecule has 0 aliphatic carbocycles. The molecule has 0 atom stereocenters. The third kappa shape index (κ3) is 2.97. The predicted molar refractivity (Wildman–Crippen MR) is 69.1 cm³/mol. The van der Waals surface area contributed by atoms with Gasteiger partial charge in [0.2, 0.25) is 0 Å². The van der Waals surface area contributed by atoms with E-state index in [1.807, 2.05) is 44.2 Å². The minimum Gasteiger partial charge on any atom is -0.291 e. The molecule has 0 fully saturated rings. The lowest BCUT2D eigenvalue weighted by Gasteiger charge is -1.98. The van der Waals surface area contributed by atoms with Gasteiger partial charge in [-0.2, -0.15) is 0 Å². The normalized spacial score (nSPS) is 10.8. The monoisotopic (exact) mass is 246 g/mol. The second-order valence-corrected chi connectivity index (χ2v) is 5.28. The number of ketones is 1. The largest absolute Gasteiger partial charge is 0.291 e. The highest BCUT2D eigenvalue weighted by Gasteiger charge is 2.14. The lowest BCUT2D eigenvalue weighted by molar-refractivity contribution is 0.0967. The van der Waals surface area contributed by atoms with E-state index < -0.39 is 0 Å². The van der Waals surface area contributed by atoms with Crippen molar-refractivity contribution in [2.24, 2.45) is 5.92 Å². The van der Waals surface area contributed by atoms with Crippen LogP contribution < -0.4 is 0 Å². The van der Waals surface area contributed by atoms with Gasteiger partial charge in [-0.1, -0.05) is 55.5 Å². The standard InChI is InChI=1S/C13H14N2OS/c1-9(2)8-11(16)13-15-14-12(17-13)10-6-4-3-5-7-10/h3-7,9H,8H2,1-2H3. The Morgan fingerprint density at radius 2 is 1.94 bits per heavy atom. The Balaban J connectivity index is 2.19. The Morgan fingerprint density at radius 1 is 1.24 bits per heavy atom. The maximum Gasteiger partial charge on any atom is 0.193 e. The average Bonchev–Trinajstić information content (AvgIpc) is 2.78. The number of carbonyl (C=O) groups excluding carboxylic acids is 1. The van der Waals surface area contributed by atoms with Crippen LogP contribution in [0.3, 0.4) is 0 Å². The highest BCUT2D eigenvalue weighted by atomic mass is 32.1. The molecule has 0 aliphatic rings. The summed E-state index contributed by atoms with van der Waals surface area (Å²) in [4.78, 5) is 11.8. The van der Waals surface area contributed by atoms with E-state index in [0.29, 0.717) is 17.3 Å². The summed E-state index contributed by atoms with van der Waals surface area (Å²) >= 11 is 1.36.